The van der Waals surface area contributed by atoms with Crippen LogP contribution in [-0.4, -0.2) is 20.3 Å². The van der Waals surface area contributed by atoms with Gasteiger partial charge < -0.3 is 15.2 Å². The van der Waals surface area contributed by atoms with Crippen LogP contribution in [0.15, 0.2) is 24.3 Å². The summed E-state index contributed by atoms with van der Waals surface area (Å²) in [4.78, 5) is 0. The first-order chi connectivity index (χ1) is 7.74. The van der Waals surface area contributed by atoms with Crippen LogP contribution in [-0.2, 0) is 4.74 Å². The molecular weight excluding hydrogens is 202 g/mol. The number of hydrogen-bond acceptors (Lipinski definition) is 3. The van der Waals surface area contributed by atoms with E-state index in [9.17, 15) is 0 Å². The second-order valence-corrected chi connectivity index (χ2v) is 3.20. The quantitative estimate of drug-likeness (QED) is 0.784. The number of rotatable bonds is 5. The van der Waals surface area contributed by atoms with Crippen LogP contribution in [0.4, 0.5) is 0 Å². The molecule has 0 fully saturated rings. The number of methoxy groups -OCH3 is 1. The van der Waals surface area contributed by atoms with E-state index in [4.69, 9.17) is 15.2 Å². The third-order valence-corrected chi connectivity index (χ3v) is 1.96. The first-order valence-corrected chi connectivity index (χ1v) is 5.71. The molecule has 0 bridgehead atoms. The van der Waals surface area contributed by atoms with Gasteiger partial charge >= 0.3 is 0 Å². The highest BCUT2D eigenvalue weighted by Gasteiger charge is 1.99. The van der Waals surface area contributed by atoms with E-state index in [1.807, 2.05) is 45.0 Å². The monoisotopic (exact) mass is 225 g/mol. The predicted octanol–water partition coefficient (Wildman–Crippen LogP) is 2.76. The second kappa shape index (κ2) is 9.19. The zero-order valence-corrected chi connectivity index (χ0v) is 10.7. The smallest absolute Gasteiger partial charge is 0.119 e. The van der Waals surface area contributed by atoms with Gasteiger partial charge in [0.15, 0.2) is 0 Å². The number of nitrogens with two attached hydrogens (primary N) is 1. The van der Waals surface area contributed by atoms with E-state index in [-0.39, 0.29) is 6.04 Å². The van der Waals surface area contributed by atoms with Gasteiger partial charge in [-0.15, -0.1) is 0 Å². The molecule has 0 aromatic heterocycles. The standard InChI is InChI=1S/C11H17NO2.C2H6/c1-9(12)10-3-5-11(6-4-10)14-8-7-13-2;1-2/h3-6,9H,7-8,12H2,1-2H3;1-2H3. The number of benzene rings is 1. The molecule has 1 unspecified atom stereocenters. The Morgan fingerprint density at radius 2 is 1.69 bits per heavy atom. The Morgan fingerprint density at radius 1 is 1.12 bits per heavy atom. The van der Waals surface area contributed by atoms with E-state index >= 15 is 0 Å². The molecule has 0 aliphatic carbocycles. The summed E-state index contributed by atoms with van der Waals surface area (Å²) in [5.41, 5.74) is 6.84. The van der Waals surface area contributed by atoms with Crippen LogP contribution in [0.25, 0.3) is 0 Å². The van der Waals surface area contributed by atoms with Crippen molar-refractivity contribution in [1.82, 2.24) is 0 Å². The molecule has 1 aromatic carbocycles. The van der Waals surface area contributed by atoms with E-state index in [0.29, 0.717) is 13.2 Å². The summed E-state index contributed by atoms with van der Waals surface area (Å²) in [6.07, 6.45) is 0. The molecule has 0 spiro atoms. The molecule has 0 amide bonds. The first-order valence-electron chi connectivity index (χ1n) is 5.71. The Bertz CT molecular complexity index is 257. The van der Waals surface area contributed by atoms with Gasteiger partial charge in [-0.1, -0.05) is 26.0 Å². The molecule has 0 heterocycles. The van der Waals surface area contributed by atoms with Gasteiger partial charge in [-0.3, -0.25) is 0 Å². The average Bonchev–Trinajstić information content (AvgIpc) is 2.33. The maximum absolute atomic E-state index is 5.72. The van der Waals surface area contributed by atoms with Crippen LogP contribution >= 0.6 is 0 Å². The van der Waals surface area contributed by atoms with Gasteiger partial charge in [0.1, 0.15) is 12.4 Å². The first kappa shape index (κ1) is 14.9. The fourth-order valence-electron chi connectivity index (χ4n) is 1.11. The molecule has 3 heteroatoms. The van der Waals surface area contributed by atoms with E-state index < -0.39 is 0 Å². The van der Waals surface area contributed by atoms with Gasteiger partial charge in [0.05, 0.1) is 6.61 Å². The highest BCUT2D eigenvalue weighted by molar-refractivity contribution is 5.28. The Kier molecular flexibility index (Phi) is 8.58. The molecule has 0 aliphatic rings. The minimum atomic E-state index is 0.0722. The van der Waals surface area contributed by atoms with Gasteiger partial charge in [0.25, 0.3) is 0 Å². The third-order valence-electron chi connectivity index (χ3n) is 1.96. The Morgan fingerprint density at radius 3 is 2.12 bits per heavy atom. The van der Waals surface area contributed by atoms with Gasteiger partial charge in [-0.05, 0) is 24.6 Å². The largest absolute Gasteiger partial charge is 0.491 e. The summed E-state index contributed by atoms with van der Waals surface area (Å²) in [5.74, 6) is 0.853. The summed E-state index contributed by atoms with van der Waals surface area (Å²) >= 11 is 0. The zero-order chi connectivity index (χ0) is 12.4. The zero-order valence-electron chi connectivity index (χ0n) is 10.7. The SMILES string of the molecule is CC.COCCOc1ccc(C(C)N)cc1. The minimum absolute atomic E-state index is 0.0722. The lowest BCUT2D eigenvalue weighted by Gasteiger charge is -2.08. The topological polar surface area (TPSA) is 44.5 Å². The fourth-order valence-corrected chi connectivity index (χ4v) is 1.11. The van der Waals surface area contributed by atoms with E-state index in [2.05, 4.69) is 0 Å². The Labute approximate surface area is 98.6 Å². The van der Waals surface area contributed by atoms with E-state index in [1.165, 1.54) is 0 Å². The van der Waals surface area contributed by atoms with Crippen molar-refractivity contribution in [1.29, 1.82) is 0 Å². The van der Waals surface area contributed by atoms with Crippen molar-refractivity contribution >= 4 is 0 Å². The van der Waals surface area contributed by atoms with Crippen LogP contribution < -0.4 is 10.5 Å². The highest BCUT2D eigenvalue weighted by Crippen LogP contribution is 2.15. The average molecular weight is 225 g/mol. The molecule has 0 radical (unpaired) electrons. The third kappa shape index (κ3) is 5.73. The molecular formula is C13H23NO2. The number of hydrogen-bond donors (Lipinski definition) is 1. The molecule has 1 rings (SSSR count). The summed E-state index contributed by atoms with van der Waals surface area (Å²) in [6.45, 7) is 7.14. The molecule has 0 aliphatic heterocycles. The van der Waals surface area contributed by atoms with Crippen LogP contribution in [0.1, 0.15) is 32.4 Å². The minimum Gasteiger partial charge on any atom is -0.491 e. The maximum Gasteiger partial charge on any atom is 0.119 e. The van der Waals surface area contributed by atoms with Crippen LogP contribution in [0.5, 0.6) is 5.75 Å². The van der Waals surface area contributed by atoms with Crippen molar-refractivity contribution in [2.75, 3.05) is 20.3 Å². The molecule has 0 saturated heterocycles. The van der Waals surface area contributed by atoms with Gasteiger partial charge in [0, 0.05) is 13.2 Å². The highest BCUT2D eigenvalue weighted by atomic mass is 16.5. The van der Waals surface area contributed by atoms with Crippen molar-refractivity contribution in [2.45, 2.75) is 26.8 Å². The van der Waals surface area contributed by atoms with Crippen molar-refractivity contribution in [3.8, 4) is 5.75 Å². The van der Waals surface area contributed by atoms with Crippen molar-refractivity contribution in [3.63, 3.8) is 0 Å². The Hall–Kier alpha value is -1.06. The lowest BCUT2D eigenvalue weighted by atomic mass is 10.1. The predicted molar refractivity (Wildman–Crippen MR) is 67.8 cm³/mol. The molecule has 92 valence electrons. The normalized spacial score (nSPS) is 11.3. The fraction of sp³-hybridized carbons (Fsp3) is 0.538. The molecule has 1 aromatic rings. The second-order valence-electron chi connectivity index (χ2n) is 3.20. The molecule has 0 saturated carbocycles. The number of ether oxygens (including phenoxy) is 2. The Balaban J connectivity index is 0.00000106. The van der Waals surface area contributed by atoms with E-state index in [1.54, 1.807) is 7.11 Å². The molecule has 16 heavy (non-hydrogen) atoms. The lowest BCUT2D eigenvalue weighted by molar-refractivity contribution is 0.146. The van der Waals surface area contributed by atoms with Gasteiger partial charge in [0.2, 0.25) is 0 Å². The summed E-state index contributed by atoms with van der Waals surface area (Å²) < 4.78 is 10.3. The van der Waals surface area contributed by atoms with Crippen LogP contribution in [0.2, 0.25) is 0 Å². The maximum atomic E-state index is 5.72. The van der Waals surface area contributed by atoms with Gasteiger partial charge in [-0.25, -0.2) is 0 Å². The van der Waals surface area contributed by atoms with Crippen molar-refractivity contribution in [2.24, 2.45) is 5.73 Å². The molecule has 3 nitrogen and oxygen atoms in total. The summed E-state index contributed by atoms with van der Waals surface area (Å²) in [7, 11) is 1.66. The molecule has 2 N–H and O–H groups in total. The summed E-state index contributed by atoms with van der Waals surface area (Å²) in [5, 5.41) is 0. The van der Waals surface area contributed by atoms with Crippen molar-refractivity contribution < 1.29 is 9.47 Å². The molecule has 1 atom stereocenters. The van der Waals surface area contributed by atoms with Crippen LogP contribution in [0, 0.1) is 0 Å². The summed E-state index contributed by atoms with van der Waals surface area (Å²) in [6, 6.07) is 7.88. The lowest BCUT2D eigenvalue weighted by Crippen LogP contribution is -2.06. The van der Waals surface area contributed by atoms with Gasteiger partial charge in [-0.2, -0.15) is 0 Å². The van der Waals surface area contributed by atoms with E-state index in [0.717, 1.165) is 11.3 Å². The van der Waals surface area contributed by atoms with Crippen LogP contribution in [0.3, 0.4) is 0 Å². The van der Waals surface area contributed by atoms with Crippen molar-refractivity contribution in [3.05, 3.63) is 29.8 Å².